The number of nitrogen functional groups attached to an aromatic ring is 1. The zero-order valence-corrected chi connectivity index (χ0v) is 10.2. The molecule has 1 aliphatic rings. The van der Waals surface area contributed by atoms with Gasteiger partial charge in [-0.15, -0.1) is 0 Å². The van der Waals surface area contributed by atoms with Gasteiger partial charge in [-0.1, -0.05) is 13.3 Å². The van der Waals surface area contributed by atoms with E-state index in [1.807, 2.05) is 19.1 Å². The largest absolute Gasteiger partial charge is 0.486 e. The highest BCUT2D eigenvalue weighted by Crippen LogP contribution is 2.36. The van der Waals surface area contributed by atoms with E-state index in [0.717, 1.165) is 18.4 Å². The summed E-state index contributed by atoms with van der Waals surface area (Å²) in [6, 6.07) is 3.87. The molecule has 0 radical (unpaired) electrons. The summed E-state index contributed by atoms with van der Waals surface area (Å²) in [4.78, 5) is 11.6. The lowest BCUT2D eigenvalue weighted by molar-refractivity contribution is -0.117. The lowest BCUT2D eigenvalue weighted by atomic mass is 10.1. The Balaban J connectivity index is 2.42. The molecular formula is C13H18N2O2. The highest BCUT2D eigenvalue weighted by atomic mass is 16.5. The minimum absolute atomic E-state index is 0.0238. The first-order chi connectivity index (χ1) is 8.10. The SMILES string of the molecule is CCCc1cc(N)c2c(c1)NC(=O)CC(C)O2. The first kappa shape index (κ1) is 11.8. The molecule has 1 amide bonds. The summed E-state index contributed by atoms with van der Waals surface area (Å²) in [5.74, 6) is 0.576. The van der Waals surface area contributed by atoms with Gasteiger partial charge in [0.25, 0.3) is 0 Å². The van der Waals surface area contributed by atoms with Crippen LogP contribution in [0.2, 0.25) is 0 Å². The summed E-state index contributed by atoms with van der Waals surface area (Å²) in [7, 11) is 0. The average Bonchev–Trinajstić information content (AvgIpc) is 2.36. The van der Waals surface area contributed by atoms with Crippen molar-refractivity contribution in [1.82, 2.24) is 0 Å². The number of hydrogen-bond acceptors (Lipinski definition) is 3. The van der Waals surface area contributed by atoms with Gasteiger partial charge in [0.2, 0.25) is 5.91 Å². The maximum atomic E-state index is 11.6. The van der Waals surface area contributed by atoms with Crippen molar-refractivity contribution in [3.05, 3.63) is 17.7 Å². The van der Waals surface area contributed by atoms with E-state index in [1.165, 1.54) is 0 Å². The maximum absolute atomic E-state index is 11.6. The zero-order chi connectivity index (χ0) is 12.4. The number of nitrogens with one attached hydrogen (secondary N) is 1. The van der Waals surface area contributed by atoms with E-state index >= 15 is 0 Å². The molecule has 1 aromatic carbocycles. The number of carbonyl (C=O) groups is 1. The van der Waals surface area contributed by atoms with E-state index in [-0.39, 0.29) is 12.0 Å². The Kier molecular flexibility index (Phi) is 3.22. The number of amides is 1. The van der Waals surface area contributed by atoms with Gasteiger partial charge in [-0.2, -0.15) is 0 Å². The molecule has 92 valence electrons. The Morgan fingerprint density at radius 2 is 2.29 bits per heavy atom. The molecule has 0 fully saturated rings. The molecule has 3 N–H and O–H groups in total. The van der Waals surface area contributed by atoms with Gasteiger partial charge in [-0.25, -0.2) is 0 Å². The molecule has 0 saturated heterocycles. The van der Waals surface area contributed by atoms with Gasteiger partial charge in [-0.3, -0.25) is 4.79 Å². The third kappa shape index (κ3) is 2.52. The standard InChI is InChI=1S/C13H18N2O2/c1-3-4-9-6-10(14)13-11(7-9)15-12(16)5-8(2)17-13/h6-8H,3-5,14H2,1-2H3,(H,15,16). The Morgan fingerprint density at radius 1 is 1.53 bits per heavy atom. The summed E-state index contributed by atoms with van der Waals surface area (Å²) in [6.07, 6.45) is 2.21. The van der Waals surface area contributed by atoms with Gasteiger partial charge in [0, 0.05) is 0 Å². The van der Waals surface area contributed by atoms with Crippen molar-refractivity contribution in [3.8, 4) is 5.75 Å². The minimum atomic E-state index is -0.143. The van der Waals surface area contributed by atoms with Crippen molar-refractivity contribution in [3.63, 3.8) is 0 Å². The number of anilines is 2. The van der Waals surface area contributed by atoms with Crippen molar-refractivity contribution in [1.29, 1.82) is 0 Å². The first-order valence-corrected chi connectivity index (χ1v) is 5.99. The summed E-state index contributed by atoms with van der Waals surface area (Å²) in [5, 5.41) is 2.85. The smallest absolute Gasteiger partial charge is 0.228 e. The van der Waals surface area contributed by atoms with Crippen molar-refractivity contribution in [2.75, 3.05) is 11.1 Å². The van der Waals surface area contributed by atoms with Gasteiger partial charge in [0.1, 0.15) is 6.10 Å². The Labute approximate surface area is 101 Å². The maximum Gasteiger partial charge on any atom is 0.228 e. The van der Waals surface area contributed by atoms with Crippen molar-refractivity contribution in [2.24, 2.45) is 0 Å². The summed E-state index contributed by atoms with van der Waals surface area (Å²) in [5.41, 5.74) is 8.39. The van der Waals surface area contributed by atoms with E-state index in [1.54, 1.807) is 0 Å². The van der Waals surface area contributed by atoms with Crippen LogP contribution >= 0.6 is 0 Å². The molecule has 2 rings (SSSR count). The fraction of sp³-hybridized carbons (Fsp3) is 0.462. The molecule has 4 nitrogen and oxygen atoms in total. The topological polar surface area (TPSA) is 64.3 Å². The van der Waals surface area contributed by atoms with Gasteiger partial charge >= 0.3 is 0 Å². The minimum Gasteiger partial charge on any atom is -0.486 e. The molecule has 0 bridgehead atoms. The second-order valence-corrected chi connectivity index (χ2v) is 4.49. The molecule has 0 aliphatic carbocycles. The van der Waals surface area contributed by atoms with Crippen LogP contribution in [0.3, 0.4) is 0 Å². The highest BCUT2D eigenvalue weighted by molar-refractivity contribution is 5.95. The van der Waals surface area contributed by atoms with Gasteiger partial charge in [0.05, 0.1) is 17.8 Å². The van der Waals surface area contributed by atoms with Crippen LogP contribution in [-0.4, -0.2) is 12.0 Å². The van der Waals surface area contributed by atoms with Crippen molar-refractivity contribution < 1.29 is 9.53 Å². The summed E-state index contributed by atoms with van der Waals surface area (Å²) >= 11 is 0. The summed E-state index contributed by atoms with van der Waals surface area (Å²) in [6.45, 7) is 3.98. The van der Waals surface area contributed by atoms with Crippen LogP contribution in [0.1, 0.15) is 32.3 Å². The van der Waals surface area contributed by atoms with Gasteiger partial charge in [-0.05, 0) is 31.0 Å². The number of hydrogen-bond donors (Lipinski definition) is 2. The van der Waals surface area contributed by atoms with Crippen LogP contribution in [0.25, 0.3) is 0 Å². The number of fused-ring (bicyclic) bond motifs is 1. The fourth-order valence-electron chi connectivity index (χ4n) is 2.08. The molecule has 1 heterocycles. The molecule has 0 aromatic heterocycles. The Hall–Kier alpha value is -1.71. The van der Waals surface area contributed by atoms with E-state index in [0.29, 0.717) is 23.5 Å². The van der Waals surface area contributed by atoms with Crippen molar-refractivity contribution >= 4 is 17.3 Å². The molecule has 1 aliphatic heterocycles. The molecular weight excluding hydrogens is 216 g/mol. The molecule has 17 heavy (non-hydrogen) atoms. The van der Waals surface area contributed by atoms with Crippen LogP contribution in [0.15, 0.2) is 12.1 Å². The summed E-state index contributed by atoms with van der Waals surface area (Å²) < 4.78 is 5.68. The number of rotatable bonds is 2. The van der Waals surface area contributed by atoms with Crippen LogP contribution in [0.5, 0.6) is 5.75 Å². The quantitative estimate of drug-likeness (QED) is 0.772. The number of nitrogens with two attached hydrogens (primary N) is 1. The first-order valence-electron chi connectivity index (χ1n) is 5.99. The number of benzene rings is 1. The zero-order valence-electron chi connectivity index (χ0n) is 10.2. The second-order valence-electron chi connectivity index (χ2n) is 4.49. The highest BCUT2D eigenvalue weighted by Gasteiger charge is 2.21. The van der Waals surface area contributed by atoms with E-state index < -0.39 is 0 Å². The predicted molar refractivity (Wildman–Crippen MR) is 68.2 cm³/mol. The molecule has 0 spiro atoms. The number of aryl methyl sites for hydroxylation is 1. The predicted octanol–water partition coefficient (Wildman–Crippen LogP) is 2.33. The van der Waals surface area contributed by atoms with Crippen molar-refractivity contribution in [2.45, 2.75) is 39.2 Å². The monoisotopic (exact) mass is 234 g/mol. The average molecular weight is 234 g/mol. The van der Waals surface area contributed by atoms with Crippen LogP contribution in [0.4, 0.5) is 11.4 Å². The van der Waals surface area contributed by atoms with Gasteiger partial charge in [0.15, 0.2) is 5.75 Å². The molecule has 1 unspecified atom stereocenters. The Bertz CT molecular complexity index is 443. The van der Waals surface area contributed by atoms with E-state index in [9.17, 15) is 4.79 Å². The van der Waals surface area contributed by atoms with Crippen LogP contribution in [-0.2, 0) is 11.2 Å². The lowest BCUT2D eigenvalue weighted by Gasteiger charge is -2.14. The Morgan fingerprint density at radius 3 is 3.00 bits per heavy atom. The molecule has 0 saturated carbocycles. The fourth-order valence-corrected chi connectivity index (χ4v) is 2.08. The molecule has 1 atom stereocenters. The van der Waals surface area contributed by atoms with E-state index in [2.05, 4.69) is 12.2 Å². The lowest BCUT2D eigenvalue weighted by Crippen LogP contribution is -2.17. The van der Waals surface area contributed by atoms with Crippen LogP contribution < -0.4 is 15.8 Å². The number of carbonyl (C=O) groups excluding carboxylic acids is 1. The normalized spacial score (nSPS) is 18.9. The van der Waals surface area contributed by atoms with Crippen LogP contribution in [0, 0.1) is 0 Å². The number of ether oxygens (including phenoxy) is 1. The van der Waals surface area contributed by atoms with Gasteiger partial charge < -0.3 is 15.8 Å². The third-order valence-electron chi connectivity index (χ3n) is 2.78. The molecule has 1 aromatic rings. The third-order valence-corrected chi connectivity index (χ3v) is 2.78. The van der Waals surface area contributed by atoms with E-state index in [4.69, 9.17) is 10.5 Å². The second kappa shape index (κ2) is 4.65. The molecule has 4 heteroatoms.